The van der Waals surface area contributed by atoms with Crippen LogP contribution in [0.2, 0.25) is 0 Å². The largest absolute Gasteiger partial charge is 0.369 e. The first kappa shape index (κ1) is 9.49. The van der Waals surface area contributed by atoms with E-state index in [0.717, 1.165) is 0 Å². The van der Waals surface area contributed by atoms with Crippen molar-refractivity contribution in [3.05, 3.63) is 0 Å². The highest BCUT2D eigenvalue weighted by molar-refractivity contribution is 6.07. The second-order valence-electron chi connectivity index (χ2n) is 4.45. The van der Waals surface area contributed by atoms with Crippen LogP contribution in [0.25, 0.3) is 0 Å². The molecule has 0 heterocycles. The highest BCUT2D eigenvalue weighted by atomic mass is 16.2. The maximum Gasteiger partial charge on any atom is 0.235 e. The van der Waals surface area contributed by atoms with Gasteiger partial charge in [0, 0.05) is 6.54 Å². The third-order valence-corrected chi connectivity index (χ3v) is 3.43. The Morgan fingerprint density at radius 2 is 2.00 bits per heavy atom. The number of carbonyl (C=O) groups excluding carboxylic acids is 2. The van der Waals surface area contributed by atoms with Crippen molar-refractivity contribution in [1.82, 2.24) is 5.32 Å². The maximum atomic E-state index is 11.6. The molecule has 4 heteroatoms. The molecule has 14 heavy (non-hydrogen) atoms. The van der Waals surface area contributed by atoms with E-state index in [1.54, 1.807) is 0 Å². The molecule has 3 N–H and O–H groups in total. The van der Waals surface area contributed by atoms with Crippen molar-refractivity contribution in [3.8, 4) is 0 Å². The lowest BCUT2D eigenvalue weighted by Crippen LogP contribution is -2.42. The Kier molecular flexibility index (Phi) is 2.21. The summed E-state index contributed by atoms with van der Waals surface area (Å²) in [7, 11) is 0. The van der Waals surface area contributed by atoms with E-state index >= 15 is 0 Å². The van der Waals surface area contributed by atoms with Crippen molar-refractivity contribution in [2.45, 2.75) is 32.1 Å². The Labute approximate surface area is 83.2 Å². The second-order valence-corrected chi connectivity index (χ2v) is 4.45. The highest BCUT2D eigenvalue weighted by Gasteiger charge is 2.55. The fourth-order valence-electron chi connectivity index (χ4n) is 1.81. The number of amides is 2. The Balaban J connectivity index is 1.80. The SMILES string of the molecule is NC(=O)C1(C(=O)NCC2CCC2)CC1. The molecular weight excluding hydrogens is 180 g/mol. The molecule has 2 fully saturated rings. The molecule has 0 aromatic carbocycles. The summed E-state index contributed by atoms with van der Waals surface area (Å²) in [5, 5.41) is 2.83. The molecule has 0 aromatic rings. The number of nitrogens with one attached hydrogen (secondary N) is 1. The lowest BCUT2D eigenvalue weighted by atomic mass is 9.85. The van der Waals surface area contributed by atoms with Gasteiger partial charge in [0.25, 0.3) is 0 Å². The molecule has 2 amide bonds. The van der Waals surface area contributed by atoms with Crippen molar-refractivity contribution >= 4 is 11.8 Å². The smallest absolute Gasteiger partial charge is 0.235 e. The molecule has 0 saturated heterocycles. The van der Waals surface area contributed by atoms with Gasteiger partial charge in [-0.3, -0.25) is 9.59 Å². The molecule has 2 aliphatic carbocycles. The monoisotopic (exact) mass is 196 g/mol. The van der Waals surface area contributed by atoms with Crippen LogP contribution in [0.4, 0.5) is 0 Å². The zero-order valence-electron chi connectivity index (χ0n) is 8.21. The van der Waals surface area contributed by atoms with Crippen molar-refractivity contribution in [2.24, 2.45) is 17.1 Å². The van der Waals surface area contributed by atoms with E-state index in [0.29, 0.717) is 25.3 Å². The summed E-state index contributed by atoms with van der Waals surface area (Å²) in [6, 6.07) is 0. The van der Waals surface area contributed by atoms with Crippen LogP contribution in [0.3, 0.4) is 0 Å². The topological polar surface area (TPSA) is 72.2 Å². The van der Waals surface area contributed by atoms with Gasteiger partial charge < -0.3 is 11.1 Å². The van der Waals surface area contributed by atoms with Gasteiger partial charge in [0.05, 0.1) is 0 Å². The van der Waals surface area contributed by atoms with Gasteiger partial charge in [0.2, 0.25) is 11.8 Å². The lowest BCUT2D eigenvalue weighted by Gasteiger charge is -2.26. The van der Waals surface area contributed by atoms with Gasteiger partial charge in [-0.15, -0.1) is 0 Å². The molecule has 0 atom stereocenters. The minimum atomic E-state index is -0.844. The summed E-state index contributed by atoms with van der Waals surface area (Å²) in [6.07, 6.45) is 4.91. The molecule has 0 bridgehead atoms. The Morgan fingerprint density at radius 3 is 2.36 bits per heavy atom. The Hall–Kier alpha value is -1.06. The highest BCUT2D eigenvalue weighted by Crippen LogP contribution is 2.45. The molecule has 0 aliphatic heterocycles. The summed E-state index contributed by atoms with van der Waals surface area (Å²) < 4.78 is 0. The zero-order chi connectivity index (χ0) is 10.2. The molecule has 4 nitrogen and oxygen atoms in total. The first-order chi connectivity index (χ1) is 6.65. The van der Waals surface area contributed by atoms with Crippen LogP contribution in [0, 0.1) is 11.3 Å². The summed E-state index contributed by atoms with van der Waals surface area (Å²) in [5.41, 5.74) is 4.34. The van der Waals surface area contributed by atoms with E-state index in [1.807, 2.05) is 0 Å². The van der Waals surface area contributed by atoms with Gasteiger partial charge in [-0.25, -0.2) is 0 Å². The number of nitrogens with two attached hydrogens (primary N) is 1. The van der Waals surface area contributed by atoms with E-state index in [1.165, 1.54) is 19.3 Å². The fraction of sp³-hybridized carbons (Fsp3) is 0.800. The molecule has 0 radical (unpaired) electrons. The van der Waals surface area contributed by atoms with Crippen molar-refractivity contribution in [3.63, 3.8) is 0 Å². The molecule has 0 aromatic heterocycles. The van der Waals surface area contributed by atoms with Crippen LogP contribution in [0.15, 0.2) is 0 Å². The average Bonchev–Trinajstić information content (AvgIpc) is 2.80. The quantitative estimate of drug-likeness (QED) is 0.629. The zero-order valence-corrected chi connectivity index (χ0v) is 8.21. The number of rotatable bonds is 4. The number of carbonyl (C=O) groups is 2. The molecule has 78 valence electrons. The minimum absolute atomic E-state index is 0.156. The molecule has 2 saturated carbocycles. The minimum Gasteiger partial charge on any atom is -0.369 e. The van der Waals surface area contributed by atoms with Crippen LogP contribution in [0.5, 0.6) is 0 Å². The Bertz CT molecular complexity index is 267. The van der Waals surface area contributed by atoms with Crippen LogP contribution in [-0.2, 0) is 9.59 Å². The number of primary amides is 1. The summed E-state index contributed by atoms with van der Waals surface area (Å²) in [4.78, 5) is 22.6. The van der Waals surface area contributed by atoms with Crippen molar-refractivity contribution in [1.29, 1.82) is 0 Å². The van der Waals surface area contributed by atoms with Crippen LogP contribution < -0.4 is 11.1 Å². The van der Waals surface area contributed by atoms with Gasteiger partial charge >= 0.3 is 0 Å². The predicted molar refractivity (Wildman–Crippen MR) is 51.2 cm³/mol. The first-order valence-corrected chi connectivity index (χ1v) is 5.23. The standard InChI is InChI=1S/C10H16N2O2/c11-8(13)10(4-5-10)9(14)12-6-7-2-1-3-7/h7H,1-6H2,(H2,11,13)(H,12,14). The molecule has 0 unspecified atom stereocenters. The maximum absolute atomic E-state index is 11.6. The third kappa shape index (κ3) is 1.49. The van der Waals surface area contributed by atoms with Gasteiger partial charge in [0.15, 0.2) is 0 Å². The van der Waals surface area contributed by atoms with Gasteiger partial charge in [-0.1, -0.05) is 6.42 Å². The number of hydrogen-bond acceptors (Lipinski definition) is 2. The van der Waals surface area contributed by atoms with Crippen molar-refractivity contribution < 1.29 is 9.59 Å². The van der Waals surface area contributed by atoms with Gasteiger partial charge in [0.1, 0.15) is 5.41 Å². The molecule has 2 aliphatic rings. The van der Waals surface area contributed by atoms with Crippen LogP contribution >= 0.6 is 0 Å². The predicted octanol–water partition coefficient (Wildman–Crippen LogP) is 0.168. The van der Waals surface area contributed by atoms with Crippen LogP contribution in [0.1, 0.15) is 32.1 Å². The molecule has 2 rings (SSSR count). The lowest BCUT2D eigenvalue weighted by molar-refractivity contribution is -0.135. The van der Waals surface area contributed by atoms with Crippen LogP contribution in [-0.4, -0.2) is 18.4 Å². The third-order valence-electron chi connectivity index (χ3n) is 3.43. The van der Waals surface area contributed by atoms with E-state index in [2.05, 4.69) is 5.32 Å². The van der Waals surface area contributed by atoms with E-state index < -0.39 is 11.3 Å². The Morgan fingerprint density at radius 1 is 1.36 bits per heavy atom. The molecule has 0 spiro atoms. The van der Waals surface area contributed by atoms with Gasteiger partial charge in [-0.2, -0.15) is 0 Å². The fourth-order valence-corrected chi connectivity index (χ4v) is 1.81. The average molecular weight is 196 g/mol. The van der Waals surface area contributed by atoms with E-state index in [4.69, 9.17) is 5.73 Å². The van der Waals surface area contributed by atoms with Gasteiger partial charge in [-0.05, 0) is 31.6 Å². The molecular formula is C10H16N2O2. The summed E-state index contributed by atoms with van der Waals surface area (Å²) in [5.74, 6) is 0.00290. The summed E-state index contributed by atoms with van der Waals surface area (Å²) >= 11 is 0. The van der Waals surface area contributed by atoms with E-state index in [9.17, 15) is 9.59 Å². The van der Waals surface area contributed by atoms with Crippen molar-refractivity contribution in [2.75, 3.05) is 6.54 Å². The second kappa shape index (κ2) is 3.26. The normalized spacial score (nSPS) is 23.7. The first-order valence-electron chi connectivity index (χ1n) is 5.23. The number of hydrogen-bond donors (Lipinski definition) is 2. The summed E-state index contributed by atoms with van der Waals surface area (Å²) in [6.45, 7) is 0.716. The van der Waals surface area contributed by atoms with E-state index in [-0.39, 0.29) is 5.91 Å².